The summed E-state index contributed by atoms with van der Waals surface area (Å²) in [6, 6.07) is 10.7. The first kappa shape index (κ1) is 7.36. The molecule has 0 fully saturated rings. The average Bonchev–Trinajstić information content (AvgIpc) is 2.50. The third-order valence-electron chi connectivity index (χ3n) is 2.59. The molecular weight excluding hydrogens is 146 g/mol. The van der Waals surface area contributed by atoms with Gasteiger partial charge >= 0.3 is 0 Å². The van der Waals surface area contributed by atoms with Crippen LogP contribution in [0.25, 0.3) is 0 Å². The van der Waals surface area contributed by atoms with Gasteiger partial charge in [0.1, 0.15) is 0 Å². The first-order valence-electron chi connectivity index (χ1n) is 4.36. The second kappa shape index (κ2) is 2.98. The van der Waals surface area contributed by atoms with Crippen LogP contribution in [0, 0.1) is 11.3 Å². The predicted molar refractivity (Wildman–Crippen MR) is 47.7 cm³/mol. The van der Waals surface area contributed by atoms with E-state index in [0.717, 1.165) is 12.8 Å². The predicted octanol–water partition coefficient (Wildman–Crippen LogP) is 2.63. The molecule has 1 atom stereocenters. The maximum Gasteiger partial charge on any atom is 0.0628 e. The zero-order chi connectivity index (χ0) is 8.39. The zero-order valence-corrected chi connectivity index (χ0v) is 6.96. The van der Waals surface area contributed by atoms with Crippen LogP contribution in [-0.4, -0.2) is 0 Å². The van der Waals surface area contributed by atoms with Crippen molar-refractivity contribution in [2.24, 2.45) is 0 Å². The van der Waals surface area contributed by atoms with Gasteiger partial charge < -0.3 is 0 Å². The number of hydrogen-bond donors (Lipinski definition) is 0. The highest BCUT2D eigenvalue weighted by Gasteiger charge is 2.20. The van der Waals surface area contributed by atoms with Crippen LogP contribution >= 0.6 is 0 Å². The Bertz CT molecular complexity index is 322. The molecule has 0 spiro atoms. The van der Waals surface area contributed by atoms with E-state index in [0.29, 0.717) is 12.3 Å². The number of fused-ring (bicyclic) bond motifs is 1. The van der Waals surface area contributed by atoms with Crippen LogP contribution in [0.3, 0.4) is 0 Å². The van der Waals surface area contributed by atoms with Crippen LogP contribution in [0.1, 0.15) is 29.9 Å². The van der Waals surface area contributed by atoms with E-state index in [1.54, 1.807) is 0 Å². The Balaban J connectivity index is 2.31. The molecule has 1 aliphatic carbocycles. The molecule has 1 heteroatoms. The lowest BCUT2D eigenvalue weighted by molar-refractivity contribution is 0.695. The number of aryl methyl sites for hydroxylation is 1. The number of nitrogens with zero attached hydrogens (tertiary/aromatic N) is 1. The second-order valence-corrected chi connectivity index (χ2v) is 3.30. The first-order valence-corrected chi connectivity index (χ1v) is 4.36. The molecule has 2 rings (SSSR count). The molecule has 0 N–H and O–H groups in total. The van der Waals surface area contributed by atoms with Gasteiger partial charge in [-0.25, -0.2) is 0 Å². The maximum absolute atomic E-state index is 8.60. The van der Waals surface area contributed by atoms with Gasteiger partial charge in [0.05, 0.1) is 6.07 Å². The Morgan fingerprint density at radius 3 is 3.08 bits per heavy atom. The standard InChI is InChI=1S/C11H11N/c12-8-7-10-6-5-9-3-1-2-4-11(9)10/h1-4,10H,5-7H2/t10-/m1/s1. The van der Waals surface area contributed by atoms with Crippen LogP contribution in [0.5, 0.6) is 0 Å². The van der Waals surface area contributed by atoms with Crippen molar-refractivity contribution < 1.29 is 0 Å². The average molecular weight is 157 g/mol. The summed E-state index contributed by atoms with van der Waals surface area (Å²) in [5.74, 6) is 0.506. The number of rotatable bonds is 1. The molecule has 12 heavy (non-hydrogen) atoms. The summed E-state index contributed by atoms with van der Waals surface area (Å²) in [5.41, 5.74) is 2.84. The number of nitriles is 1. The molecule has 1 aliphatic rings. The maximum atomic E-state index is 8.60. The topological polar surface area (TPSA) is 23.8 Å². The van der Waals surface area contributed by atoms with Crippen molar-refractivity contribution in [1.29, 1.82) is 5.26 Å². The Morgan fingerprint density at radius 2 is 2.25 bits per heavy atom. The molecule has 0 amide bonds. The molecule has 0 heterocycles. The van der Waals surface area contributed by atoms with Gasteiger partial charge in [-0.1, -0.05) is 24.3 Å². The fraction of sp³-hybridized carbons (Fsp3) is 0.364. The van der Waals surface area contributed by atoms with Crippen molar-refractivity contribution >= 4 is 0 Å². The van der Waals surface area contributed by atoms with Crippen molar-refractivity contribution in [3.8, 4) is 6.07 Å². The third kappa shape index (κ3) is 1.10. The van der Waals surface area contributed by atoms with Crippen molar-refractivity contribution in [2.75, 3.05) is 0 Å². The summed E-state index contributed by atoms with van der Waals surface area (Å²) >= 11 is 0. The number of hydrogen-bond acceptors (Lipinski definition) is 1. The van der Waals surface area contributed by atoms with Crippen LogP contribution < -0.4 is 0 Å². The van der Waals surface area contributed by atoms with Gasteiger partial charge in [-0.15, -0.1) is 0 Å². The van der Waals surface area contributed by atoms with E-state index in [1.165, 1.54) is 11.1 Å². The summed E-state index contributed by atoms with van der Waals surface area (Å²) in [4.78, 5) is 0. The van der Waals surface area contributed by atoms with Gasteiger partial charge in [-0.05, 0) is 29.9 Å². The first-order chi connectivity index (χ1) is 5.92. The van der Waals surface area contributed by atoms with E-state index >= 15 is 0 Å². The minimum absolute atomic E-state index is 0.506. The second-order valence-electron chi connectivity index (χ2n) is 3.30. The van der Waals surface area contributed by atoms with Gasteiger partial charge in [0, 0.05) is 6.42 Å². The fourth-order valence-corrected chi connectivity index (χ4v) is 1.97. The van der Waals surface area contributed by atoms with Crippen molar-refractivity contribution in [1.82, 2.24) is 0 Å². The minimum atomic E-state index is 0.506. The molecule has 0 saturated heterocycles. The summed E-state index contributed by atoms with van der Waals surface area (Å²) in [5, 5.41) is 8.60. The number of benzene rings is 1. The third-order valence-corrected chi connectivity index (χ3v) is 2.59. The van der Waals surface area contributed by atoms with E-state index in [2.05, 4.69) is 30.3 Å². The highest BCUT2D eigenvalue weighted by Crippen LogP contribution is 2.34. The van der Waals surface area contributed by atoms with Crippen molar-refractivity contribution in [3.63, 3.8) is 0 Å². The van der Waals surface area contributed by atoms with Gasteiger partial charge in [0.2, 0.25) is 0 Å². The highest BCUT2D eigenvalue weighted by molar-refractivity contribution is 5.35. The molecule has 0 saturated carbocycles. The molecule has 1 aromatic rings. The van der Waals surface area contributed by atoms with E-state index < -0.39 is 0 Å². The molecule has 0 bridgehead atoms. The SMILES string of the molecule is N#CC[C@H]1CCc2ccccc21. The lowest BCUT2D eigenvalue weighted by Gasteiger charge is -2.04. The van der Waals surface area contributed by atoms with Crippen LogP contribution in [0.4, 0.5) is 0 Å². The molecule has 1 aromatic carbocycles. The molecule has 0 aliphatic heterocycles. The van der Waals surface area contributed by atoms with E-state index in [1.807, 2.05) is 0 Å². The van der Waals surface area contributed by atoms with E-state index in [-0.39, 0.29) is 0 Å². The van der Waals surface area contributed by atoms with E-state index in [4.69, 9.17) is 5.26 Å². The summed E-state index contributed by atoms with van der Waals surface area (Å²) in [6.07, 6.45) is 2.99. The van der Waals surface area contributed by atoms with E-state index in [9.17, 15) is 0 Å². The summed E-state index contributed by atoms with van der Waals surface area (Å²) in [7, 11) is 0. The van der Waals surface area contributed by atoms with Crippen LogP contribution in [-0.2, 0) is 6.42 Å². The molecular formula is C11H11N. The molecule has 0 aromatic heterocycles. The van der Waals surface area contributed by atoms with Crippen molar-refractivity contribution in [3.05, 3.63) is 35.4 Å². The lowest BCUT2D eigenvalue weighted by Crippen LogP contribution is -1.90. The molecule has 1 nitrogen and oxygen atoms in total. The Labute approximate surface area is 72.6 Å². The Hall–Kier alpha value is -1.29. The normalized spacial score (nSPS) is 20.1. The van der Waals surface area contributed by atoms with Gasteiger partial charge in [0.15, 0.2) is 0 Å². The smallest absolute Gasteiger partial charge is 0.0628 e. The summed E-state index contributed by atoms with van der Waals surface area (Å²) < 4.78 is 0. The monoisotopic (exact) mass is 157 g/mol. The van der Waals surface area contributed by atoms with Gasteiger partial charge in [0.25, 0.3) is 0 Å². The summed E-state index contributed by atoms with van der Waals surface area (Å²) in [6.45, 7) is 0. The molecule has 0 radical (unpaired) electrons. The lowest BCUT2D eigenvalue weighted by atomic mass is 9.99. The van der Waals surface area contributed by atoms with Crippen molar-refractivity contribution in [2.45, 2.75) is 25.2 Å². The fourth-order valence-electron chi connectivity index (χ4n) is 1.97. The van der Waals surface area contributed by atoms with Crippen LogP contribution in [0.15, 0.2) is 24.3 Å². The molecule has 0 unspecified atom stereocenters. The highest BCUT2D eigenvalue weighted by atomic mass is 14.3. The zero-order valence-electron chi connectivity index (χ0n) is 6.96. The molecule has 60 valence electrons. The van der Waals surface area contributed by atoms with Gasteiger partial charge in [-0.2, -0.15) is 5.26 Å². The van der Waals surface area contributed by atoms with Gasteiger partial charge in [-0.3, -0.25) is 0 Å². The largest absolute Gasteiger partial charge is 0.198 e. The quantitative estimate of drug-likeness (QED) is 0.614. The minimum Gasteiger partial charge on any atom is -0.198 e. The Kier molecular flexibility index (Phi) is 1.83. The Morgan fingerprint density at radius 1 is 1.42 bits per heavy atom. The van der Waals surface area contributed by atoms with Crippen LogP contribution in [0.2, 0.25) is 0 Å².